The second-order valence-corrected chi connectivity index (χ2v) is 4.01. The van der Waals surface area contributed by atoms with Crippen LogP contribution >= 0.6 is 11.6 Å². The van der Waals surface area contributed by atoms with Gasteiger partial charge < -0.3 is 10.8 Å². The molecule has 0 bridgehead atoms. The zero-order chi connectivity index (χ0) is 13.4. The molecule has 0 unspecified atom stereocenters. The fraction of sp³-hybridized carbons (Fsp3) is 0.400. The Bertz CT molecular complexity index is 422. The van der Waals surface area contributed by atoms with Gasteiger partial charge in [0.15, 0.2) is 6.10 Å². The van der Waals surface area contributed by atoms with Crippen molar-refractivity contribution in [1.82, 2.24) is 0 Å². The number of aryl methyl sites for hydroxylation is 1. The van der Waals surface area contributed by atoms with Gasteiger partial charge in [-0.3, -0.25) is 0 Å². The lowest BCUT2D eigenvalue weighted by Gasteiger charge is -2.23. The van der Waals surface area contributed by atoms with E-state index in [0.29, 0.717) is 0 Å². The monoisotopic (exact) mass is 271 g/mol. The summed E-state index contributed by atoms with van der Waals surface area (Å²) in [5.74, 6) is -0.937. The molecule has 2 atom stereocenters. The molecule has 1 aromatic carbocycles. The SMILES string of the molecule is Cc1ccc(Cl)c([C@H](N)[C@H](O)C(F)(F)F)c1F. The second-order valence-electron chi connectivity index (χ2n) is 3.60. The molecule has 0 aliphatic rings. The molecular formula is C10H10ClF4NO. The number of alkyl halides is 3. The molecule has 0 aliphatic heterocycles. The maximum Gasteiger partial charge on any atom is 0.416 e. The number of aliphatic hydroxyl groups is 1. The van der Waals surface area contributed by atoms with Crippen LogP contribution in [0, 0.1) is 12.7 Å². The highest BCUT2D eigenvalue weighted by atomic mass is 35.5. The standard InChI is InChI=1S/C10H10ClF4NO/c1-4-2-3-5(11)6(7(4)12)8(16)9(17)10(13,14)15/h2-3,8-9,17H,16H2,1H3/t8-,9-/m0/s1. The molecule has 0 radical (unpaired) electrons. The second kappa shape index (κ2) is 4.80. The van der Waals surface area contributed by atoms with Crippen molar-refractivity contribution in [2.45, 2.75) is 25.2 Å². The van der Waals surface area contributed by atoms with Crippen LogP contribution in [0.1, 0.15) is 17.2 Å². The quantitative estimate of drug-likeness (QED) is 0.813. The summed E-state index contributed by atoms with van der Waals surface area (Å²) in [5, 5.41) is 8.73. The van der Waals surface area contributed by atoms with E-state index in [2.05, 4.69) is 0 Å². The van der Waals surface area contributed by atoms with Gasteiger partial charge in [0.2, 0.25) is 0 Å². The third-order valence-electron chi connectivity index (χ3n) is 2.33. The van der Waals surface area contributed by atoms with Crippen molar-refractivity contribution in [3.63, 3.8) is 0 Å². The lowest BCUT2D eigenvalue weighted by atomic mass is 9.99. The van der Waals surface area contributed by atoms with E-state index in [1.807, 2.05) is 0 Å². The van der Waals surface area contributed by atoms with Crippen LogP contribution in [0.2, 0.25) is 5.02 Å². The molecule has 0 fully saturated rings. The largest absolute Gasteiger partial charge is 0.416 e. The average Bonchev–Trinajstić information content (AvgIpc) is 2.21. The average molecular weight is 272 g/mol. The molecule has 96 valence electrons. The first-order valence-corrected chi connectivity index (χ1v) is 4.99. The summed E-state index contributed by atoms with van der Waals surface area (Å²) < 4.78 is 50.4. The maximum atomic E-state index is 13.6. The van der Waals surface area contributed by atoms with Crippen LogP contribution in [0.3, 0.4) is 0 Å². The summed E-state index contributed by atoms with van der Waals surface area (Å²) in [4.78, 5) is 0. The predicted octanol–water partition coefficient (Wildman–Crippen LogP) is 2.71. The number of rotatable bonds is 2. The van der Waals surface area contributed by atoms with Crippen LogP contribution in [0.5, 0.6) is 0 Å². The van der Waals surface area contributed by atoms with Gasteiger partial charge in [0, 0.05) is 10.6 Å². The Morgan fingerprint density at radius 2 is 1.88 bits per heavy atom. The number of aliphatic hydroxyl groups excluding tert-OH is 1. The molecule has 17 heavy (non-hydrogen) atoms. The first kappa shape index (κ1) is 14.2. The van der Waals surface area contributed by atoms with E-state index in [9.17, 15) is 17.6 Å². The Morgan fingerprint density at radius 1 is 1.35 bits per heavy atom. The van der Waals surface area contributed by atoms with Crippen molar-refractivity contribution < 1.29 is 22.7 Å². The number of nitrogens with two attached hydrogens (primary N) is 1. The minimum atomic E-state index is -4.93. The highest BCUT2D eigenvalue weighted by molar-refractivity contribution is 6.31. The molecule has 0 spiro atoms. The van der Waals surface area contributed by atoms with Gasteiger partial charge in [-0.25, -0.2) is 4.39 Å². The lowest BCUT2D eigenvalue weighted by molar-refractivity contribution is -0.210. The predicted molar refractivity (Wildman–Crippen MR) is 55.1 cm³/mol. The molecule has 0 saturated heterocycles. The van der Waals surface area contributed by atoms with Crippen LogP contribution in [0.15, 0.2) is 12.1 Å². The minimum absolute atomic E-state index is 0.106. The van der Waals surface area contributed by atoms with Crippen LogP contribution in [-0.2, 0) is 0 Å². The molecule has 2 nitrogen and oxygen atoms in total. The van der Waals surface area contributed by atoms with Gasteiger partial charge in [-0.05, 0) is 18.6 Å². The van der Waals surface area contributed by atoms with Crippen molar-refractivity contribution in [3.05, 3.63) is 34.1 Å². The van der Waals surface area contributed by atoms with Crippen LogP contribution in [0.25, 0.3) is 0 Å². The van der Waals surface area contributed by atoms with E-state index in [1.54, 1.807) is 0 Å². The van der Waals surface area contributed by atoms with Gasteiger partial charge in [-0.1, -0.05) is 17.7 Å². The van der Waals surface area contributed by atoms with Gasteiger partial charge in [0.25, 0.3) is 0 Å². The molecule has 0 aromatic heterocycles. The molecule has 3 N–H and O–H groups in total. The fourth-order valence-corrected chi connectivity index (χ4v) is 1.62. The molecule has 0 heterocycles. The first-order chi connectivity index (χ1) is 7.66. The fourth-order valence-electron chi connectivity index (χ4n) is 1.35. The molecule has 0 saturated carbocycles. The normalized spacial score (nSPS) is 15.8. The van der Waals surface area contributed by atoms with Gasteiger partial charge in [-0.2, -0.15) is 13.2 Å². The van der Waals surface area contributed by atoms with Crippen molar-refractivity contribution in [1.29, 1.82) is 0 Å². The lowest BCUT2D eigenvalue weighted by Crippen LogP contribution is -2.39. The zero-order valence-corrected chi connectivity index (χ0v) is 9.48. The van der Waals surface area contributed by atoms with Gasteiger partial charge in [0.05, 0.1) is 6.04 Å². The van der Waals surface area contributed by atoms with Crippen molar-refractivity contribution in [2.24, 2.45) is 5.73 Å². The Hall–Kier alpha value is -0.850. The third-order valence-corrected chi connectivity index (χ3v) is 2.66. The van der Waals surface area contributed by atoms with Gasteiger partial charge >= 0.3 is 6.18 Å². The van der Waals surface area contributed by atoms with Crippen LogP contribution < -0.4 is 5.73 Å². The van der Waals surface area contributed by atoms with E-state index in [-0.39, 0.29) is 10.6 Å². The topological polar surface area (TPSA) is 46.2 Å². The smallest absolute Gasteiger partial charge is 0.382 e. The number of benzene rings is 1. The van der Waals surface area contributed by atoms with E-state index in [1.165, 1.54) is 19.1 Å². The maximum absolute atomic E-state index is 13.6. The molecule has 7 heteroatoms. The summed E-state index contributed by atoms with van der Waals surface area (Å²) >= 11 is 5.59. The Labute approximate surface area is 100.0 Å². The highest BCUT2D eigenvalue weighted by Crippen LogP contribution is 2.34. The Morgan fingerprint density at radius 3 is 2.35 bits per heavy atom. The molecular weight excluding hydrogens is 262 g/mol. The summed E-state index contributed by atoms with van der Waals surface area (Å²) in [6, 6.07) is 0.592. The van der Waals surface area contributed by atoms with Crippen molar-refractivity contribution in [2.75, 3.05) is 0 Å². The summed E-state index contributed by atoms with van der Waals surface area (Å²) in [5.41, 5.74) is 4.78. The molecule has 0 aliphatic carbocycles. The Kier molecular flexibility index (Phi) is 4.01. The first-order valence-electron chi connectivity index (χ1n) is 4.61. The Balaban J connectivity index is 3.21. The molecule has 1 aromatic rings. The van der Waals surface area contributed by atoms with Crippen molar-refractivity contribution >= 4 is 11.6 Å². The minimum Gasteiger partial charge on any atom is -0.382 e. The summed E-state index contributed by atoms with van der Waals surface area (Å²) in [6.45, 7) is 1.36. The van der Waals surface area contributed by atoms with E-state index < -0.39 is 29.7 Å². The van der Waals surface area contributed by atoms with Crippen molar-refractivity contribution in [3.8, 4) is 0 Å². The highest BCUT2D eigenvalue weighted by Gasteiger charge is 2.44. The zero-order valence-electron chi connectivity index (χ0n) is 8.72. The van der Waals surface area contributed by atoms with E-state index >= 15 is 0 Å². The number of halogens is 5. The van der Waals surface area contributed by atoms with E-state index in [0.717, 1.165) is 0 Å². The summed E-state index contributed by atoms with van der Waals surface area (Å²) in [6.07, 6.45) is -7.80. The molecule has 0 amide bonds. The summed E-state index contributed by atoms with van der Waals surface area (Å²) in [7, 11) is 0. The number of hydrogen-bond acceptors (Lipinski definition) is 2. The van der Waals surface area contributed by atoms with Gasteiger partial charge in [-0.15, -0.1) is 0 Å². The van der Waals surface area contributed by atoms with Crippen LogP contribution in [0.4, 0.5) is 17.6 Å². The number of hydrogen-bond donors (Lipinski definition) is 2. The third kappa shape index (κ3) is 2.88. The van der Waals surface area contributed by atoms with Gasteiger partial charge in [0.1, 0.15) is 5.82 Å². The van der Waals surface area contributed by atoms with Crippen LogP contribution in [-0.4, -0.2) is 17.4 Å². The van der Waals surface area contributed by atoms with E-state index in [4.69, 9.17) is 22.4 Å². The molecule has 1 rings (SSSR count).